The van der Waals surface area contributed by atoms with Crippen LogP contribution in [0.25, 0.3) is 0 Å². The van der Waals surface area contributed by atoms with Gasteiger partial charge in [0, 0.05) is 13.0 Å². The number of carbonyl (C=O) groups excluding carboxylic acids is 1. The van der Waals surface area contributed by atoms with Crippen LogP contribution < -0.4 is 14.4 Å². The van der Waals surface area contributed by atoms with E-state index in [2.05, 4.69) is 5.32 Å². The van der Waals surface area contributed by atoms with Crippen molar-refractivity contribution in [2.45, 2.75) is 20.3 Å². The molecular formula is C19H24N2O4S. The zero-order chi connectivity index (χ0) is 19.2. The van der Waals surface area contributed by atoms with E-state index in [0.717, 1.165) is 11.8 Å². The molecule has 0 heterocycles. The van der Waals surface area contributed by atoms with Gasteiger partial charge in [0.05, 0.1) is 24.2 Å². The Kier molecular flexibility index (Phi) is 6.63. The Bertz CT molecular complexity index is 865. The lowest BCUT2D eigenvalue weighted by Crippen LogP contribution is -2.33. The Balaban J connectivity index is 2.10. The number of ether oxygens (including phenoxy) is 1. The molecule has 0 aliphatic rings. The molecule has 0 saturated carbocycles. The predicted molar refractivity (Wildman–Crippen MR) is 104 cm³/mol. The van der Waals surface area contributed by atoms with Crippen molar-refractivity contribution in [3.05, 3.63) is 54.1 Å². The minimum Gasteiger partial charge on any atom is -0.492 e. The molecule has 0 radical (unpaired) electrons. The highest BCUT2D eigenvalue weighted by molar-refractivity contribution is 7.92. The lowest BCUT2D eigenvalue weighted by molar-refractivity contribution is -0.116. The summed E-state index contributed by atoms with van der Waals surface area (Å²) in [6.07, 6.45) is 1.17. The molecule has 1 amide bonds. The Morgan fingerprint density at radius 1 is 1.12 bits per heavy atom. The van der Waals surface area contributed by atoms with E-state index in [4.69, 9.17) is 4.74 Å². The monoisotopic (exact) mass is 376 g/mol. The van der Waals surface area contributed by atoms with Crippen molar-refractivity contribution in [3.8, 4) is 5.75 Å². The summed E-state index contributed by atoms with van der Waals surface area (Å²) in [4.78, 5) is 12.3. The summed E-state index contributed by atoms with van der Waals surface area (Å²) >= 11 is 0. The number of amides is 1. The number of sulfonamides is 1. The lowest BCUT2D eigenvalue weighted by Gasteiger charge is -2.24. The minimum absolute atomic E-state index is 0.0296. The Hall–Kier alpha value is -2.54. The maximum absolute atomic E-state index is 12.3. The highest BCUT2D eigenvalue weighted by Crippen LogP contribution is 2.25. The second-order valence-electron chi connectivity index (χ2n) is 5.85. The van der Waals surface area contributed by atoms with Gasteiger partial charge < -0.3 is 10.1 Å². The zero-order valence-corrected chi connectivity index (χ0v) is 16.0. The molecule has 0 fully saturated rings. The number of nitrogens with zero attached hydrogens (tertiary/aromatic N) is 1. The van der Waals surface area contributed by atoms with Crippen LogP contribution in [0.1, 0.15) is 18.9 Å². The average molecular weight is 376 g/mol. The number of hydrogen-bond acceptors (Lipinski definition) is 4. The van der Waals surface area contributed by atoms with E-state index in [1.807, 2.05) is 32.0 Å². The Morgan fingerprint density at radius 2 is 1.77 bits per heavy atom. The number of anilines is 2. The second-order valence-corrected chi connectivity index (χ2v) is 7.76. The predicted octanol–water partition coefficient (Wildman–Crippen LogP) is 3.19. The molecule has 0 aromatic heterocycles. The van der Waals surface area contributed by atoms with E-state index in [1.165, 1.54) is 4.31 Å². The summed E-state index contributed by atoms with van der Waals surface area (Å²) in [5.74, 6) is 0.307. The number of nitrogens with one attached hydrogen (secondary N) is 1. The zero-order valence-electron chi connectivity index (χ0n) is 15.2. The molecule has 26 heavy (non-hydrogen) atoms. The third-order valence-corrected chi connectivity index (χ3v) is 4.97. The first-order valence-corrected chi connectivity index (χ1v) is 10.2. The first-order chi connectivity index (χ1) is 12.3. The van der Waals surface area contributed by atoms with Crippen molar-refractivity contribution in [3.63, 3.8) is 0 Å². The summed E-state index contributed by atoms with van der Waals surface area (Å²) in [6.45, 7) is 4.26. The van der Waals surface area contributed by atoms with Crippen molar-refractivity contribution >= 4 is 27.3 Å². The van der Waals surface area contributed by atoms with E-state index in [0.29, 0.717) is 23.7 Å². The quantitative estimate of drug-likeness (QED) is 0.768. The van der Waals surface area contributed by atoms with Crippen LogP contribution in [-0.4, -0.2) is 33.7 Å². The topological polar surface area (TPSA) is 75.7 Å². The maximum atomic E-state index is 12.3. The van der Waals surface area contributed by atoms with Gasteiger partial charge in [-0.05, 0) is 37.6 Å². The van der Waals surface area contributed by atoms with Gasteiger partial charge in [-0.1, -0.05) is 30.3 Å². The second kappa shape index (κ2) is 8.71. The number of rotatable bonds is 8. The van der Waals surface area contributed by atoms with E-state index in [-0.39, 0.29) is 18.9 Å². The molecule has 0 spiro atoms. The molecule has 2 rings (SSSR count). The number of hydrogen-bond donors (Lipinski definition) is 1. The maximum Gasteiger partial charge on any atom is 0.232 e. The first kappa shape index (κ1) is 19.8. The van der Waals surface area contributed by atoms with Gasteiger partial charge in [0.1, 0.15) is 5.75 Å². The van der Waals surface area contributed by atoms with Gasteiger partial charge in [0.25, 0.3) is 0 Å². The fourth-order valence-corrected chi connectivity index (χ4v) is 3.56. The number of carbonyl (C=O) groups is 1. The molecule has 0 atom stereocenters. The van der Waals surface area contributed by atoms with Crippen LogP contribution in [-0.2, 0) is 14.8 Å². The molecule has 6 nitrogen and oxygen atoms in total. The van der Waals surface area contributed by atoms with Crippen molar-refractivity contribution in [1.29, 1.82) is 0 Å². The van der Waals surface area contributed by atoms with Gasteiger partial charge in [-0.3, -0.25) is 9.10 Å². The van der Waals surface area contributed by atoms with Crippen LogP contribution in [0.3, 0.4) is 0 Å². The third kappa shape index (κ3) is 5.23. The molecule has 0 aliphatic heterocycles. The van der Waals surface area contributed by atoms with Crippen molar-refractivity contribution in [1.82, 2.24) is 0 Å². The van der Waals surface area contributed by atoms with E-state index < -0.39 is 10.0 Å². The van der Waals surface area contributed by atoms with Crippen LogP contribution >= 0.6 is 0 Å². The largest absolute Gasteiger partial charge is 0.492 e. The van der Waals surface area contributed by atoms with E-state index in [1.54, 1.807) is 30.3 Å². The summed E-state index contributed by atoms with van der Waals surface area (Å²) in [5.41, 5.74) is 1.98. The summed E-state index contributed by atoms with van der Waals surface area (Å²) in [7, 11) is -3.50. The van der Waals surface area contributed by atoms with Gasteiger partial charge in [-0.25, -0.2) is 8.42 Å². The molecule has 0 aliphatic carbocycles. The highest BCUT2D eigenvalue weighted by Gasteiger charge is 2.20. The molecule has 0 saturated heterocycles. The average Bonchev–Trinajstić information content (AvgIpc) is 2.57. The van der Waals surface area contributed by atoms with Crippen LogP contribution in [0.5, 0.6) is 5.75 Å². The molecule has 7 heteroatoms. The first-order valence-electron chi connectivity index (χ1n) is 8.38. The molecule has 2 aromatic carbocycles. The van der Waals surface area contributed by atoms with E-state index >= 15 is 0 Å². The van der Waals surface area contributed by atoms with Gasteiger partial charge in [0.2, 0.25) is 15.9 Å². The van der Waals surface area contributed by atoms with Gasteiger partial charge in [-0.2, -0.15) is 0 Å². The summed E-state index contributed by atoms with van der Waals surface area (Å²) < 4.78 is 31.1. The number of aryl methyl sites for hydroxylation is 1. The van der Waals surface area contributed by atoms with Crippen LogP contribution in [0, 0.1) is 6.92 Å². The Morgan fingerprint density at radius 3 is 2.42 bits per heavy atom. The van der Waals surface area contributed by atoms with Crippen LogP contribution in [0.15, 0.2) is 48.5 Å². The lowest BCUT2D eigenvalue weighted by atomic mass is 10.2. The molecule has 0 bridgehead atoms. The van der Waals surface area contributed by atoms with Crippen molar-refractivity contribution in [2.24, 2.45) is 0 Å². The van der Waals surface area contributed by atoms with Crippen LogP contribution in [0.4, 0.5) is 11.4 Å². The van der Waals surface area contributed by atoms with Gasteiger partial charge >= 0.3 is 0 Å². The Labute approximate surface area is 154 Å². The molecular weight excluding hydrogens is 352 g/mol. The molecule has 2 aromatic rings. The van der Waals surface area contributed by atoms with Gasteiger partial charge in [-0.15, -0.1) is 0 Å². The molecule has 0 unspecified atom stereocenters. The smallest absolute Gasteiger partial charge is 0.232 e. The van der Waals surface area contributed by atoms with Gasteiger partial charge in [0.15, 0.2) is 0 Å². The standard InChI is InChI=1S/C19H24N2O4S/c1-4-25-18-12-8-6-10-16(18)20-19(22)13-14-21(26(3,23)24)17-11-7-5-9-15(17)2/h5-12H,4,13-14H2,1-3H3,(H,20,22). The number of benzene rings is 2. The van der Waals surface area contributed by atoms with Crippen molar-refractivity contribution in [2.75, 3.05) is 29.0 Å². The minimum atomic E-state index is -3.50. The third-order valence-electron chi connectivity index (χ3n) is 3.79. The fraction of sp³-hybridized carbons (Fsp3) is 0.316. The summed E-state index contributed by atoms with van der Waals surface area (Å²) in [5, 5.41) is 2.78. The molecule has 1 N–H and O–H groups in total. The van der Waals surface area contributed by atoms with Crippen molar-refractivity contribution < 1.29 is 17.9 Å². The fourth-order valence-electron chi connectivity index (χ4n) is 2.58. The SMILES string of the molecule is CCOc1ccccc1NC(=O)CCN(c1ccccc1C)S(C)(=O)=O. The normalized spacial score (nSPS) is 11.0. The highest BCUT2D eigenvalue weighted by atomic mass is 32.2. The van der Waals surface area contributed by atoms with Crippen LogP contribution in [0.2, 0.25) is 0 Å². The molecule has 140 valence electrons. The summed E-state index contributed by atoms with van der Waals surface area (Å²) in [6, 6.07) is 14.3. The van der Waals surface area contributed by atoms with E-state index in [9.17, 15) is 13.2 Å². The number of para-hydroxylation sites is 3.